The predicted molar refractivity (Wildman–Crippen MR) is 162 cm³/mol. The second-order valence-corrected chi connectivity index (χ2v) is 9.54. The van der Waals surface area contributed by atoms with Crippen molar-refractivity contribution in [2.75, 3.05) is 0 Å². The molecule has 0 aliphatic heterocycles. The Morgan fingerprint density at radius 1 is 0.475 bits per heavy atom. The maximum absolute atomic E-state index is 4.69. The first-order valence-corrected chi connectivity index (χ1v) is 13.1. The van der Waals surface area contributed by atoms with Gasteiger partial charge < -0.3 is 9.97 Å². The van der Waals surface area contributed by atoms with Gasteiger partial charge in [-0.15, -0.1) is 71.3 Å². The molecule has 0 atom stereocenters. The number of aryl methyl sites for hydroxylation is 3. The normalized spacial score (nSPS) is 10.2. The summed E-state index contributed by atoms with van der Waals surface area (Å²) in [6, 6.07) is 45.6. The molecule has 2 heterocycles. The summed E-state index contributed by atoms with van der Waals surface area (Å²) in [5.74, 6) is 0. The summed E-state index contributed by atoms with van der Waals surface area (Å²) in [6.07, 6.45) is 3.87. The predicted octanol–water partition coefficient (Wildman–Crippen LogP) is 9.35. The number of hydrogen-bond acceptors (Lipinski definition) is 2. The van der Waals surface area contributed by atoms with Gasteiger partial charge in [0.2, 0.25) is 0 Å². The number of aromatic nitrogens is 2. The zero-order chi connectivity index (χ0) is 27.0. The van der Waals surface area contributed by atoms with Crippen LogP contribution >= 0.6 is 0 Å². The van der Waals surface area contributed by atoms with E-state index < -0.39 is 0 Å². The molecule has 0 unspecified atom stereocenters. The van der Waals surface area contributed by atoms with Gasteiger partial charge in [-0.25, -0.2) is 0 Å². The Kier molecular flexibility index (Phi) is 9.91. The van der Waals surface area contributed by atoms with Crippen molar-refractivity contribution < 1.29 is 20.1 Å². The van der Waals surface area contributed by atoms with E-state index in [0.717, 1.165) is 22.5 Å². The number of pyridine rings is 2. The summed E-state index contributed by atoms with van der Waals surface area (Å²) in [5.41, 5.74) is 12.5. The van der Waals surface area contributed by atoms with E-state index in [1.807, 2.05) is 54.9 Å². The number of hydrogen-bond donors (Lipinski definition) is 0. The van der Waals surface area contributed by atoms with Crippen molar-refractivity contribution in [1.82, 2.24) is 9.97 Å². The molecule has 0 amide bonds. The Labute approximate surface area is 251 Å². The van der Waals surface area contributed by atoms with Crippen LogP contribution in [0.2, 0.25) is 0 Å². The van der Waals surface area contributed by atoms with Gasteiger partial charge in [0.15, 0.2) is 0 Å². The van der Waals surface area contributed by atoms with Gasteiger partial charge in [-0.05, 0) is 54.4 Å². The zero-order valence-corrected chi connectivity index (χ0v) is 25.2. The van der Waals surface area contributed by atoms with Crippen LogP contribution in [0.25, 0.3) is 44.8 Å². The van der Waals surface area contributed by atoms with E-state index in [2.05, 4.69) is 116 Å². The van der Waals surface area contributed by atoms with Crippen LogP contribution in [0.5, 0.6) is 0 Å². The molecular formula is C37H30IrN2-2. The van der Waals surface area contributed by atoms with Crippen molar-refractivity contribution >= 4 is 0 Å². The monoisotopic (exact) mass is 695 g/mol. The largest absolute Gasteiger partial charge is 0.304 e. The maximum atomic E-state index is 4.69. The maximum Gasteiger partial charge on any atom is 0.0242 e. The van der Waals surface area contributed by atoms with Gasteiger partial charge in [0, 0.05) is 38.1 Å². The van der Waals surface area contributed by atoms with Crippen molar-refractivity contribution in [2.24, 2.45) is 0 Å². The first-order valence-electron chi connectivity index (χ1n) is 13.1. The molecule has 40 heavy (non-hydrogen) atoms. The summed E-state index contributed by atoms with van der Waals surface area (Å²) < 4.78 is 0. The molecule has 6 rings (SSSR count). The Morgan fingerprint density at radius 3 is 1.73 bits per heavy atom. The van der Waals surface area contributed by atoms with Crippen LogP contribution in [-0.2, 0) is 20.1 Å². The zero-order valence-electron chi connectivity index (χ0n) is 22.9. The fraction of sp³-hybridized carbons (Fsp3) is 0.0811. The van der Waals surface area contributed by atoms with Crippen LogP contribution in [0.1, 0.15) is 16.7 Å². The molecule has 0 saturated heterocycles. The SMILES string of the molecule is Cc1cc(-c2[c-]ccc(-c3ccccc3)c2)ncc1-c1ccccc1.Cc1cnc(-c2[c-]cccc2)cc1C.[Ir]. The second kappa shape index (κ2) is 13.8. The molecule has 199 valence electrons. The second-order valence-electron chi connectivity index (χ2n) is 9.54. The third-order valence-electron chi connectivity index (χ3n) is 6.74. The van der Waals surface area contributed by atoms with Crippen molar-refractivity contribution in [2.45, 2.75) is 20.8 Å². The van der Waals surface area contributed by atoms with E-state index in [0.29, 0.717) is 0 Å². The van der Waals surface area contributed by atoms with E-state index in [4.69, 9.17) is 0 Å². The van der Waals surface area contributed by atoms with Crippen LogP contribution in [0.3, 0.4) is 0 Å². The van der Waals surface area contributed by atoms with Crippen LogP contribution < -0.4 is 0 Å². The first kappa shape index (κ1) is 28.8. The standard InChI is InChI=1S/C24H18N.C13H12N.Ir/c1-18-15-24(25-17-23(18)20-11-6-3-7-12-20)22-14-8-13-21(16-22)19-9-4-2-5-10-19;1-10-8-13(14-9-11(10)2)12-6-4-3-5-7-12;/h2-13,15-17H,1H3;3-6,8-9H,1-2H3;/q2*-1;. The van der Waals surface area contributed by atoms with E-state index in [-0.39, 0.29) is 20.1 Å². The number of nitrogens with zero attached hydrogens (tertiary/aromatic N) is 2. The molecule has 2 aromatic heterocycles. The molecule has 0 bridgehead atoms. The molecule has 0 spiro atoms. The fourth-order valence-electron chi connectivity index (χ4n) is 4.37. The Morgan fingerprint density at radius 2 is 1.07 bits per heavy atom. The average molecular weight is 695 g/mol. The van der Waals surface area contributed by atoms with Crippen LogP contribution in [0.15, 0.2) is 128 Å². The van der Waals surface area contributed by atoms with Crippen molar-refractivity contribution in [1.29, 1.82) is 0 Å². The minimum atomic E-state index is 0. The summed E-state index contributed by atoms with van der Waals surface area (Å²) in [4.78, 5) is 9.07. The van der Waals surface area contributed by atoms with Crippen molar-refractivity contribution in [3.05, 3.63) is 156 Å². The summed E-state index contributed by atoms with van der Waals surface area (Å²) in [6.45, 7) is 6.30. The van der Waals surface area contributed by atoms with Crippen molar-refractivity contribution in [3.63, 3.8) is 0 Å². The van der Waals surface area contributed by atoms with Crippen LogP contribution in [0, 0.1) is 32.9 Å². The van der Waals surface area contributed by atoms with Gasteiger partial charge in [-0.2, -0.15) is 0 Å². The molecule has 0 saturated carbocycles. The molecule has 0 N–H and O–H groups in total. The van der Waals surface area contributed by atoms with E-state index in [1.165, 1.54) is 38.9 Å². The quantitative estimate of drug-likeness (QED) is 0.172. The minimum absolute atomic E-state index is 0. The van der Waals surface area contributed by atoms with Crippen LogP contribution in [-0.4, -0.2) is 9.97 Å². The average Bonchev–Trinajstić information content (AvgIpc) is 3.00. The molecule has 0 aliphatic rings. The number of rotatable bonds is 4. The van der Waals surface area contributed by atoms with Gasteiger partial charge in [0.1, 0.15) is 0 Å². The fourth-order valence-corrected chi connectivity index (χ4v) is 4.37. The van der Waals surface area contributed by atoms with Crippen molar-refractivity contribution in [3.8, 4) is 44.8 Å². The minimum Gasteiger partial charge on any atom is -0.304 e. The topological polar surface area (TPSA) is 25.8 Å². The molecule has 0 aliphatic carbocycles. The molecule has 2 nitrogen and oxygen atoms in total. The first-order chi connectivity index (χ1) is 19.1. The van der Waals surface area contributed by atoms with Gasteiger partial charge in [0.25, 0.3) is 0 Å². The van der Waals surface area contributed by atoms with E-state index in [9.17, 15) is 0 Å². The van der Waals surface area contributed by atoms with E-state index >= 15 is 0 Å². The van der Waals surface area contributed by atoms with Crippen LogP contribution in [0.4, 0.5) is 0 Å². The van der Waals surface area contributed by atoms with Gasteiger partial charge in [-0.3, -0.25) is 0 Å². The molecule has 1 radical (unpaired) electrons. The van der Waals surface area contributed by atoms with Gasteiger partial charge >= 0.3 is 0 Å². The molecule has 4 aromatic carbocycles. The third-order valence-corrected chi connectivity index (χ3v) is 6.74. The van der Waals surface area contributed by atoms with Gasteiger partial charge in [0.05, 0.1) is 0 Å². The Hall–Kier alpha value is -4.17. The number of benzene rings is 4. The summed E-state index contributed by atoms with van der Waals surface area (Å²) >= 11 is 0. The molecular weight excluding hydrogens is 665 g/mol. The molecule has 3 heteroatoms. The molecule has 0 fully saturated rings. The third kappa shape index (κ3) is 7.07. The van der Waals surface area contributed by atoms with E-state index in [1.54, 1.807) is 0 Å². The summed E-state index contributed by atoms with van der Waals surface area (Å²) in [5, 5.41) is 0. The van der Waals surface area contributed by atoms with Gasteiger partial charge in [-0.1, -0.05) is 78.4 Å². The summed E-state index contributed by atoms with van der Waals surface area (Å²) in [7, 11) is 0. The Balaban J connectivity index is 0.000000210. The smallest absolute Gasteiger partial charge is 0.0242 e. The Bertz CT molecular complexity index is 1660. The molecule has 6 aromatic rings.